The van der Waals surface area contributed by atoms with Crippen molar-refractivity contribution in [2.75, 3.05) is 32.7 Å². The minimum absolute atomic E-state index is 0.0682. The van der Waals surface area contributed by atoms with E-state index in [1.165, 1.54) is 13.2 Å². The Morgan fingerprint density at radius 2 is 1.97 bits per heavy atom. The van der Waals surface area contributed by atoms with Crippen LogP contribution in [0.3, 0.4) is 0 Å². The van der Waals surface area contributed by atoms with Crippen molar-refractivity contribution in [3.05, 3.63) is 46.5 Å². The second-order valence-corrected chi connectivity index (χ2v) is 7.00. The number of nitro groups is 1. The van der Waals surface area contributed by atoms with E-state index in [2.05, 4.69) is 15.5 Å². The van der Waals surface area contributed by atoms with Crippen LogP contribution >= 0.6 is 0 Å². The van der Waals surface area contributed by atoms with Crippen molar-refractivity contribution in [3.8, 4) is 34.3 Å². The molecule has 1 aliphatic heterocycles. The van der Waals surface area contributed by atoms with E-state index in [0.717, 1.165) is 19.4 Å². The number of aromatic nitrogens is 2. The van der Waals surface area contributed by atoms with Crippen molar-refractivity contribution < 1.29 is 23.7 Å². The minimum atomic E-state index is -0.438. The number of ether oxygens (including phenoxy) is 3. The fraction of sp³-hybridized carbons (Fsp3) is 0.333. The highest BCUT2D eigenvalue weighted by molar-refractivity contribution is 5.71. The van der Waals surface area contributed by atoms with Crippen LogP contribution in [0.2, 0.25) is 0 Å². The van der Waals surface area contributed by atoms with Gasteiger partial charge in [0.1, 0.15) is 5.69 Å². The smallest absolute Gasteiger partial charge is 0.293 e. The van der Waals surface area contributed by atoms with Gasteiger partial charge >= 0.3 is 0 Å². The molecule has 3 aromatic rings. The van der Waals surface area contributed by atoms with Crippen molar-refractivity contribution in [3.63, 3.8) is 0 Å². The van der Waals surface area contributed by atoms with E-state index in [1.807, 2.05) is 0 Å². The Kier molecular flexibility index (Phi) is 5.99. The highest BCUT2D eigenvalue weighted by atomic mass is 16.6. The number of anilines is 1. The molecule has 1 N–H and O–H groups in total. The van der Waals surface area contributed by atoms with Crippen LogP contribution in [0.25, 0.3) is 22.8 Å². The van der Waals surface area contributed by atoms with E-state index in [0.29, 0.717) is 40.7 Å². The first kappa shape index (κ1) is 20.6. The summed E-state index contributed by atoms with van der Waals surface area (Å²) in [6.07, 6.45) is 2.02. The first-order valence-electron chi connectivity index (χ1n) is 9.79. The summed E-state index contributed by atoms with van der Waals surface area (Å²) in [4.78, 5) is 15.5. The van der Waals surface area contributed by atoms with Gasteiger partial charge in [0.05, 0.1) is 25.2 Å². The standard InChI is InChI=1S/C21H22N4O6/c1-28-18-8-6-13(11-19(18)29-2)20-23-21(31-24-20)14-5-7-16(17(10-14)25(26)27)22-12-15-4-3-9-30-15/h5-8,10-11,15,22H,3-4,9,12H2,1-2H3/t15-/m0/s1. The molecule has 31 heavy (non-hydrogen) atoms. The average molecular weight is 426 g/mol. The maximum atomic E-state index is 11.6. The van der Waals surface area contributed by atoms with Gasteiger partial charge in [0.25, 0.3) is 11.6 Å². The molecule has 1 saturated heterocycles. The van der Waals surface area contributed by atoms with Gasteiger partial charge < -0.3 is 24.1 Å². The number of nitrogens with zero attached hydrogens (tertiary/aromatic N) is 3. The van der Waals surface area contributed by atoms with E-state index in [1.54, 1.807) is 37.4 Å². The second-order valence-electron chi connectivity index (χ2n) is 7.00. The maximum absolute atomic E-state index is 11.6. The van der Waals surface area contributed by atoms with E-state index in [9.17, 15) is 10.1 Å². The molecule has 1 fully saturated rings. The van der Waals surface area contributed by atoms with Crippen LogP contribution < -0.4 is 14.8 Å². The SMILES string of the molecule is COc1ccc(-c2noc(-c3ccc(NC[C@@H]4CCCO4)c([N+](=O)[O-])c3)n2)cc1OC. The predicted molar refractivity (Wildman–Crippen MR) is 112 cm³/mol. The number of methoxy groups -OCH3 is 2. The molecule has 0 spiro atoms. The third-order valence-corrected chi connectivity index (χ3v) is 5.05. The van der Waals surface area contributed by atoms with Crippen LogP contribution in [0.1, 0.15) is 12.8 Å². The third-order valence-electron chi connectivity index (χ3n) is 5.05. The van der Waals surface area contributed by atoms with E-state index in [4.69, 9.17) is 18.7 Å². The van der Waals surface area contributed by atoms with E-state index in [-0.39, 0.29) is 17.7 Å². The molecule has 0 amide bonds. The van der Waals surface area contributed by atoms with Crippen LogP contribution in [0.5, 0.6) is 11.5 Å². The van der Waals surface area contributed by atoms with Crippen LogP contribution in [-0.4, -0.2) is 48.5 Å². The van der Waals surface area contributed by atoms with Gasteiger partial charge in [-0.2, -0.15) is 4.98 Å². The molecule has 0 bridgehead atoms. The Bertz CT molecular complexity index is 1080. The van der Waals surface area contributed by atoms with E-state index < -0.39 is 4.92 Å². The maximum Gasteiger partial charge on any atom is 0.293 e. The number of nitro benzene ring substituents is 1. The van der Waals surface area contributed by atoms with Gasteiger partial charge in [-0.25, -0.2) is 0 Å². The number of nitrogens with one attached hydrogen (secondary N) is 1. The van der Waals surface area contributed by atoms with Gasteiger partial charge in [-0.1, -0.05) is 5.16 Å². The molecule has 0 unspecified atom stereocenters. The van der Waals surface area contributed by atoms with Crippen LogP contribution in [-0.2, 0) is 4.74 Å². The largest absolute Gasteiger partial charge is 0.493 e. The predicted octanol–water partition coefficient (Wildman–Crippen LogP) is 3.92. The normalized spacial score (nSPS) is 15.6. The summed E-state index contributed by atoms with van der Waals surface area (Å²) in [5.41, 5.74) is 1.47. The Hall–Kier alpha value is -3.66. The van der Waals surface area contributed by atoms with Gasteiger partial charge in [-0.3, -0.25) is 10.1 Å². The van der Waals surface area contributed by atoms with Crippen LogP contribution in [0, 0.1) is 10.1 Å². The highest BCUT2D eigenvalue weighted by Crippen LogP contribution is 2.34. The third kappa shape index (κ3) is 4.43. The first-order valence-corrected chi connectivity index (χ1v) is 9.79. The molecule has 2 heterocycles. The fourth-order valence-electron chi connectivity index (χ4n) is 3.43. The second kappa shape index (κ2) is 9.00. The molecule has 2 aromatic carbocycles. The molecule has 1 aromatic heterocycles. The van der Waals surface area contributed by atoms with Crippen LogP contribution in [0.15, 0.2) is 40.9 Å². The molecule has 0 saturated carbocycles. The quantitative estimate of drug-likeness (QED) is 0.422. The molecular formula is C21H22N4O6. The average Bonchev–Trinajstić information content (AvgIpc) is 3.49. The lowest BCUT2D eigenvalue weighted by Crippen LogP contribution is -2.18. The summed E-state index contributed by atoms with van der Waals surface area (Å²) in [5.74, 6) is 1.62. The van der Waals surface area contributed by atoms with Gasteiger partial charge in [-0.15, -0.1) is 0 Å². The van der Waals surface area contributed by atoms with Crippen molar-refractivity contribution in [2.45, 2.75) is 18.9 Å². The molecule has 10 nitrogen and oxygen atoms in total. The summed E-state index contributed by atoms with van der Waals surface area (Å²) < 4.78 is 21.5. The zero-order valence-electron chi connectivity index (χ0n) is 17.2. The minimum Gasteiger partial charge on any atom is -0.493 e. The summed E-state index contributed by atoms with van der Waals surface area (Å²) in [6, 6.07) is 10.0. The molecule has 162 valence electrons. The Balaban J connectivity index is 1.58. The van der Waals surface area contributed by atoms with Gasteiger partial charge in [-0.05, 0) is 43.2 Å². The zero-order valence-corrected chi connectivity index (χ0v) is 17.2. The Morgan fingerprint density at radius 1 is 1.16 bits per heavy atom. The molecule has 4 rings (SSSR count). The van der Waals surface area contributed by atoms with Crippen molar-refractivity contribution in [1.82, 2.24) is 10.1 Å². The Labute approximate surface area is 178 Å². The summed E-state index contributed by atoms with van der Waals surface area (Å²) in [7, 11) is 3.09. The topological polar surface area (TPSA) is 122 Å². The Morgan fingerprint density at radius 3 is 2.68 bits per heavy atom. The van der Waals surface area contributed by atoms with Crippen molar-refractivity contribution in [2.24, 2.45) is 0 Å². The molecule has 1 atom stereocenters. The number of rotatable bonds is 8. The highest BCUT2D eigenvalue weighted by Gasteiger charge is 2.21. The first-order chi connectivity index (χ1) is 15.1. The monoisotopic (exact) mass is 426 g/mol. The summed E-state index contributed by atoms with van der Waals surface area (Å²) in [5, 5.41) is 18.7. The lowest BCUT2D eigenvalue weighted by Gasteiger charge is -2.12. The summed E-state index contributed by atoms with van der Waals surface area (Å²) >= 11 is 0. The molecular weight excluding hydrogens is 404 g/mol. The van der Waals surface area contributed by atoms with Gasteiger partial charge in [0.2, 0.25) is 5.82 Å². The zero-order chi connectivity index (χ0) is 21.8. The lowest BCUT2D eigenvalue weighted by atomic mass is 10.1. The fourth-order valence-corrected chi connectivity index (χ4v) is 3.43. The van der Waals surface area contributed by atoms with Gasteiger partial charge in [0.15, 0.2) is 11.5 Å². The molecule has 0 radical (unpaired) electrons. The summed E-state index contributed by atoms with van der Waals surface area (Å²) in [6.45, 7) is 1.25. The number of hydrogen-bond acceptors (Lipinski definition) is 9. The number of hydrogen-bond donors (Lipinski definition) is 1. The van der Waals surface area contributed by atoms with Gasteiger partial charge in [0, 0.05) is 30.3 Å². The molecule has 0 aliphatic carbocycles. The molecule has 1 aliphatic rings. The van der Waals surface area contributed by atoms with Crippen LogP contribution in [0.4, 0.5) is 11.4 Å². The van der Waals surface area contributed by atoms with Crippen molar-refractivity contribution >= 4 is 11.4 Å². The lowest BCUT2D eigenvalue weighted by molar-refractivity contribution is -0.383. The molecule has 10 heteroatoms. The van der Waals surface area contributed by atoms with E-state index >= 15 is 0 Å². The van der Waals surface area contributed by atoms with Crippen molar-refractivity contribution in [1.29, 1.82) is 0 Å². The number of benzene rings is 2.